The average Bonchev–Trinajstić information content (AvgIpc) is 2.69. The molecule has 1 saturated heterocycles. The van der Waals surface area contributed by atoms with E-state index in [0.29, 0.717) is 5.46 Å². The molecule has 0 saturated carbocycles. The van der Waals surface area contributed by atoms with E-state index in [4.69, 9.17) is 13.7 Å². The van der Waals surface area contributed by atoms with Crippen molar-refractivity contribution in [1.29, 1.82) is 0 Å². The fourth-order valence-electron chi connectivity index (χ4n) is 2.78. The molecule has 4 rings (SSSR count). The normalized spacial score (nSPS) is 14.7. The molecule has 0 amide bonds. The molecule has 0 spiro atoms. The van der Waals surface area contributed by atoms with Crippen LogP contribution in [0, 0.1) is 5.82 Å². The Morgan fingerprint density at radius 1 is 0.520 bits per heavy atom. The molecule has 1 heterocycles. The van der Waals surface area contributed by atoms with Gasteiger partial charge in [0.1, 0.15) is 5.82 Å². The van der Waals surface area contributed by atoms with E-state index < -0.39 is 21.4 Å². The number of halogens is 1. The summed E-state index contributed by atoms with van der Waals surface area (Å²) in [5, 5.41) is 0. The van der Waals surface area contributed by atoms with E-state index in [9.17, 15) is 4.39 Å². The van der Waals surface area contributed by atoms with Crippen LogP contribution in [0.25, 0.3) is 0 Å². The number of hydrogen-bond acceptors (Lipinski definition) is 3. The molecule has 1 aliphatic rings. The van der Waals surface area contributed by atoms with E-state index in [1.165, 1.54) is 12.1 Å². The molecule has 0 aliphatic carbocycles. The topological polar surface area (TPSA) is 27.7 Å². The van der Waals surface area contributed by atoms with E-state index in [2.05, 4.69) is 0 Å². The highest BCUT2D eigenvalue weighted by Gasteiger charge is 2.43. The second-order valence-corrected chi connectivity index (χ2v) is 5.78. The highest BCUT2D eigenvalue weighted by molar-refractivity contribution is 6.87. The van der Waals surface area contributed by atoms with Crippen LogP contribution in [0.1, 0.15) is 0 Å². The van der Waals surface area contributed by atoms with Crippen molar-refractivity contribution in [1.82, 2.24) is 0 Å². The quantitative estimate of drug-likeness (QED) is 0.679. The van der Waals surface area contributed by atoms with Crippen LogP contribution in [0.3, 0.4) is 0 Å². The Bertz CT molecular complexity index is 788. The molecule has 0 unspecified atom stereocenters. The Kier molecular flexibility index (Phi) is 4.70. The molecule has 1 aliphatic heterocycles. The minimum atomic E-state index is -0.722. The number of benzene rings is 3. The van der Waals surface area contributed by atoms with Gasteiger partial charge in [-0.3, -0.25) is 0 Å². The lowest BCUT2D eigenvalue weighted by Gasteiger charge is -2.31. The molecule has 1 fully saturated rings. The van der Waals surface area contributed by atoms with Crippen LogP contribution in [-0.4, -0.2) is 21.4 Å². The van der Waals surface area contributed by atoms with Crippen LogP contribution in [0.15, 0.2) is 84.9 Å². The van der Waals surface area contributed by atoms with Gasteiger partial charge in [-0.15, -0.1) is 0 Å². The molecule has 120 valence electrons. The van der Waals surface area contributed by atoms with Crippen molar-refractivity contribution in [3.8, 4) is 0 Å². The lowest BCUT2D eigenvalue weighted by atomic mass is 9.61. The Balaban J connectivity index is 1.67. The third-order valence-corrected chi connectivity index (χ3v) is 4.01. The minimum Gasteiger partial charge on any atom is -0.445 e. The van der Waals surface area contributed by atoms with Gasteiger partial charge in [-0.05, 0) is 28.5 Å². The SMILES string of the molecule is Fc1cccc(B2OB(c3ccccc3)OB(c3ccccc3)O2)c1. The third kappa shape index (κ3) is 3.69. The Morgan fingerprint density at radius 3 is 1.44 bits per heavy atom. The predicted molar refractivity (Wildman–Crippen MR) is 98.7 cm³/mol. The maximum atomic E-state index is 13.6. The summed E-state index contributed by atoms with van der Waals surface area (Å²) in [4.78, 5) is 0. The molecule has 0 N–H and O–H groups in total. The van der Waals surface area contributed by atoms with Crippen LogP contribution in [0.2, 0.25) is 0 Å². The van der Waals surface area contributed by atoms with E-state index in [-0.39, 0.29) is 5.82 Å². The maximum Gasteiger partial charge on any atom is 0.467 e. The van der Waals surface area contributed by atoms with Crippen LogP contribution < -0.4 is 16.4 Å². The summed E-state index contributed by atoms with van der Waals surface area (Å²) in [5.41, 5.74) is 2.38. The zero-order valence-corrected chi connectivity index (χ0v) is 13.4. The van der Waals surface area contributed by atoms with Crippen LogP contribution in [-0.2, 0) is 13.7 Å². The Hall–Kier alpha value is -2.34. The summed E-state index contributed by atoms with van der Waals surface area (Å²) < 4.78 is 31.5. The fraction of sp³-hybridized carbons (Fsp3) is 0. The van der Waals surface area contributed by atoms with Gasteiger partial charge < -0.3 is 13.7 Å². The van der Waals surface area contributed by atoms with Crippen molar-refractivity contribution in [3.63, 3.8) is 0 Å². The maximum absolute atomic E-state index is 13.6. The van der Waals surface area contributed by atoms with Crippen molar-refractivity contribution in [2.75, 3.05) is 0 Å². The van der Waals surface area contributed by atoms with Gasteiger partial charge in [0.25, 0.3) is 0 Å². The summed E-state index contributed by atoms with van der Waals surface area (Å²) >= 11 is 0. The van der Waals surface area contributed by atoms with Gasteiger partial charge in [0.2, 0.25) is 0 Å². The van der Waals surface area contributed by atoms with Crippen LogP contribution in [0.5, 0.6) is 0 Å². The summed E-state index contributed by atoms with van der Waals surface area (Å²) in [6.45, 7) is 0. The predicted octanol–water partition coefficient (Wildman–Crippen LogP) is 1.38. The van der Waals surface area contributed by atoms with Crippen LogP contribution in [0.4, 0.5) is 4.39 Å². The van der Waals surface area contributed by atoms with Gasteiger partial charge in [-0.2, -0.15) is 0 Å². The largest absolute Gasteiger partial charge is 0.467 e. The van der Waals surface area contributed by atoms with Gasteiger partial charge in [-0.25, -0.2) is 4.39 Å². The standard InChI is InChI=1S/C18H14B3FO3/c22-18-13-7-12-17(14-18)21-24-19(15-8-3-1-4-9-15)23-20(25-21)16-10-5-2-6-11-16/h1-14H. The van der Waals surface area contributed by atoms with Gasteiger partial charge >= 0.3 is 21.4 Å². The number of rotatable bonds is 3. The zero-order valence-electron chi connectivity index (χ0n) is 13.4. The monoisotopic (exact) mass is 330 g/mol. The molecule has 0 atom stereocenters. The van der Waals surface area contributed by atoms with Gasteiger partial charge in [0, 0.05) is 0 Å². The lowest BCUT2D eigenvalue weighted by molar-refractivity contribution is 0.308. The molecule has 0 aromatic heterocycles. The van der Waals surface area contributed by atoms with E-state index in [0.717, 1.165) is 10.9 Å². The van der Waals surface area contributed by atoms with E-state index >= 15 is 0 Å². The van der Waals surface area contributed by atoms with E-state index in [1.807, 2.05) is 60.7 Å². The average molecular weight is 330 g/mol. The van der Waals surface area contributed by atoms with Gasteiger partial charge in [0.15, 0.2) is 0 Å². The van der Waals surface area contributed by atoms with Gasteiger partial charge in [0.05, 0.1) is 0 Å². The molecular formula is C18H14B3FO3. The minimum absolute atomic E-state index is 0.330. The second kappa shape index (κ2) is 7.27. The summed E-state index contributed by atoms with van der Waals surface area (Å²) in [6.07, 6.45) is 0. The van der Waals surface area contributed by atoms with Crippen molar-refractivity contribution < 1.29 is 18.1 Å². The molecule has 3 aromatic rings. The molecule has 3 nitrogen and oxygen atoms in total. The van der Waals surface area contributed by atoms with Crippen molar-refractivity contribution in [2.24, 2.45) is 0 Å². The highest BCUT2D eigenvalue weighted by Crippen LogP contribution is 2.10. The first-order valence-corrected chi connectivity index (χ1v) is 8.11. The van der Waals surface area contributed by atoms with Crippen LogP contribution >= 0.6 is 0 Å². The van der Waals surface area contributed by atoms with E-state index in [1.54, 1.807) is 12.1 Å². The molecule has 25 heavy (non-hydrogen) atoms. The highest BCUT2D eigenvalue weighted by atomic mass is 19.1. The second-order valence-electron chi connectivity index (χ2n) is 5.78. The Morgan fingerprint density at radius 2 is 0.960 bits per heavy atom. The fourth-order valence-corrected chi connectivity index (χ4v) is 2.78. The zero-order chi connectivity index (χ0) is 17.1. The molecule has 0 radical (unpaired) electrons. The van der Waals surface area contributed by atoms with Crippen molar-refractivity contribution >= 4 is 37.7 Å². The smallest absolute Gasteiger partial charge is 0.445 e. The third-order valence-electron chi connectivity index (χ3n) is 4.01. The van der Waals surface area contributed by atoms with Crippen molar-refractivity contribution in [3.05, 3.63) is 90.7 Å². The molecule has 3 aromatic carbocycles. The first-order valence-electron chi connectivity index (χ1n) is 8.11. The summed E-state index contributed by atoms with van der Waals surface area (Å²) in [7, 11) is -1.93. The van der Waals surface area contributed by atoms with Gasteiger partial charge in [-0.1, -0.05) is 72.8 Å². The molecular weight excluding hydrogens is 316 g/mol. The summed E-state index contributed by atoms with van der Waals surface area (Å²) in [6, 6.07) is 25.5. The molecule has 0 bridgehead atoms. The number of hydrogen-bond donors (Lipinski definition) is 0. The molecule has 7 heteroatoms. The first-order chi connectivity index (χ1) is 12.3. The summed E-state index contributed by atoms with van der Waals surface area (Å²) in [5.74, 6) is -0.330. The Labute approximate surface area is 147 Å². The van der Waals surface area contributed by atoms with Crippen molar-refractivity contribution in [2.45, 2.75) is 0 Å². The lowest BCUT2D eigenvalue weighted by Crippen LogP contribution is -2.61. The first kappa shape index (κ1) is 16.2.